The highest BCUT2D eigenvalue weighted by Gasteiger charge is 2.65. The van der Waals surface area contributed by atoms with Crippen molar-refractivity contribution in [2.45, 2.75) is 97.9 Å². The second-order valence-corrected chi connectivity index (χ2v) is 13.1. The number of fused-ring (bicyclic) bond motifs is 5. The maximum Gasteiger partial charge on any atom is 0.335 e. The summed E-state index contributed by atoms with van der Waals surface area (Å²) in [5, 5.41) is 20.4. The molecule has 38 heavy (non-hydrogen) atoms. The maximum absolute atomic E-state index is 13.1. The first-order chi connectivity index (χ1) is 18.0. The predicted octanol–water partition coefficient (Wildman–Crippen LogP) is 6.66. The summed E-state index contributed by atoms with van der Waals surface area (Å²) >= 11 is 0. The van der Waals surface area contributed by atoms with Gasteiger partial charge in [-0.15, -0.1) is 6.58 Å². The van der Waals surface area contributed by atoms with Crippen molar-refractivity contribution in [3.8, 4) is 0 Å². The Hall–Kier alpha value is -2.24. The van der Waals surface area contributed by atoms with Gasteiger partial charge in [-0.3, -0.25) is 4.79 Å². The SMILES string of the molecule is C=CC[C@@]1(C(C)=O)CCC2C3CC=C4C(OCc5ccc(C(=O)O)cc5C)[C@@H](O)CC[C@]4(C)C3CC[C@@]21C. The molecular formula is C33H44O5. The summed E-state index contributed by atoms with van der Waals surface area (Å²) in [5.41, 5.74) is 3.08. The number of aromatic carboxylic acids is 1. The van der Waals surface area contributed by atoms with E-state index in [0.29, 0.717) is 36.6 Å². The molecule has 0 radical (unpaired) electrons. The number of ketones is 1. The van der Waals surface area contributed by atoms with Crippen molar-refractivity contribution in [2.24, 2.45) is 34.0 Å². The van der Waals surface area contributed by atoms with Crippen LogP contribution >= 0.6 is 0 Å². The monoisotopic (exact) mass is 520 g/mol. The maximum atomic E-state index is 13.1. The average molecular weight is 521 g/mol. The van der Waals surface area contributed by atoms with Crippen molar-refractivity contribution in [3.63, 3.8) is 0 Å². The highest BCUT2D eigenvalue weighted by atomic mass is 16.5. The smallest absolute Gasteiger partial charge is 0.335 e. The molecule has 8 atom stereocenters. The Labute approximate surface area is 227 Å². The van der Waals surface area contributed by atoms with E-state index in [9.17, 15) is 19.8 Å². The third-order valence-electron chi connectivity index (χ3n) is 11.7. The van der Waals surface area contributed by atoms with Crippen molar-refractivity contribution >= 4 is 11.8 Å². The number of aliphatic hydroxyl groups is 1. The van der Waals surface area contributed by atoms with Gasteiger partial charge >= 0.3 is 5.97 Å². The van der Waals surface area contributed by atoms with Crippen molar-refractivity contribution in [2.75, 3.05) is 0 Å². The van der Waals surface area contributed by atoms with Crippen LogP contribution in [0.15, 0.2) is 42.5 Å². The molecule has 0 amide bonds. The lowest BCUT2D eigenvalue weighted by Gasteiger charge is -2.60. The van der Waals surface area contributed by atoms with Gasteiger partial charge in [-0.2, -0.15) is 0 Å². The van der Waals surface area contributed by atoms with Gasteiger partial charge in [-0.05, 0) is 123 Å². The Morgan fingerprint density at radius 3 is 2.53 bits per heavy atom. The molecule has 0 heterocycles. The van der Waals surface area contributed by atoms with E-state index in [1.165, 1.54) is 5.57 Å². The van der Waals surface area contributed by atoms with Gasteiger partial charge in [0.25, 0.3) is 0 Å². The number of benzene rings is 1. The molecule has 1 aromatic carbocycles. The molecule has 206 valence electrons. The minimum atomic E-state index is -0.933. The molecule has 4 aliphatic carbocycles. The van der Waals surface area contributed by atoms with Crippen LogP contribution in [0.1, 0.15) is 93.6 Å². The van der Waals surface area contributed by atoms with E-state index >= 15 is 0 Å². The zero-order chi connectivity index (χ0) is 27.5. The molecule has 4 aliphatic rings. The van der Waals surface area contributed by atoms with Gasteiger partial charge in [-0.25, -0.2) is 4.79 Å². The minimum absolute atomic E-state index is 0.0135. The van der Waals surface area contributed by atoms with Crippen LogP contribution in [0.25, 0.3) is 0 Å². The molecule has 5 nitrogen and oxygen atoms in total. The van der Waals surface area contributed by atoms with Crippen LogP contribution in [0.5, 0.6) is 0 Å². The third kappa shape index (κ3) is 3.95. The van der Waals surface area contributed by atoms with Crippen LogP contribution in [0.2, 0.25) is 0 Å². The average Bonchev–Trinajstić information content (AvgIpc) is 3.18. The van der Waals surface area contributed by atoms with Crippen LogP contribution in [0, 0.1) is 40.9 Å². The number of Topliss-reactive ketones (excluding diaryl/α,β-unsaturated/α-hetero) is 1. The van der Waals surface area contributed by atoms with E-state index in [1.807, 2.05) is 19.1 Å². The normalized spacial score (nSPS) is 39.9. The van der Waals surface area contributed by atoms with Crippen LogP contribution in [-0.2, 0) is 16.1 Å². The van der Waals surface area contributed by atoms with Gasteiger partial charge in [0.1, 0.15) is 11.9 Å². The van der Waals surface area contributed by atoms with Gasteiger partial charge < -0.3 is 14.9 Å². The van der Waals surface area contributed by atoms with E-state index in [1.54, 1.807) is 19.1 Å². The molecule has 0 aromatic heterocycles. The Morgan fingerprint density at radius 2 is 1.87 bits per heavy atom. The molecule has 1 aromatic rings. The first-order valence-corrected chi connectivity index (χ1v) is 14.4. The van der Waals surface area contributed by atoms with E-state index in [2.05, 4.69) is 26.5 Å². The Morgan fingerprint density at radius 1 is 1.13 bits per heavy atom. The summed E-state index contributed by atoms with van der Waals surface area (Å²) in [4.78, 5) is 24.4. The van der Waals surface area contributed by atoms with Crippen LogP contribution < -0.4 is 0 Å². The molecule has 5 rings (SSSR count). The fourth-order valence-electron chi connectivity index (χ4n) is 9.50. The molecule has 4 unspecified atom stereocenters. The third-order valence-corrected chi connectivity index (χ3v) is 11.7. The summed E-state index contributed by atoms with van der Waals surface area (Å²) in [6, 6.07) is 5.13. The molecule has 2 N–H and O–H groups in total. The molecule has 0 spiro atoms. The lowest BCUT2D eigenvalue weighted by atomic mass is 9.45. The number of rotatable bonds is 7. The Balaban J connectivity index is 1.40. The second kappa shape index (κ2) is 9.75. The highest BCUT2D eigenvalue weighted by molar-refractivity contribution is 5.87. The van der Waals surface area contributed by atoms with Crippen LogP contribution in [0.3, 0.4) is 0 Å². The number of carbonyl (C=O) groups is 2. The molecule has 0 aliphatic heterocycles. The predicted molar refractivity (Wildman–Crippen MR) is 148 cm³/mol. The van der Waals surface area contributed by atoms with E-state index in [0.717, 1.165) is 56.1 Å². The summed E-state index contributed by atoms with van der Waals surface area (Å²) in [6.45, 7) is 12.8. The Kier molecular flexibility index (Phi) is 7.01. The lowest BCUT2D eigenvalue weighted by molar-refractivity contribution is -0.141. The first-order valence-electron chi connectivity index (χ1n) is 14.4. The van der Waals surface area contributed by atoms with Crippen molar-refractivity contribution in [1.82, 2.24) is 0 Å². The standard InChI is InChI=1S/C33H44O5/c1-6-14-33(21(3)34)17-12-26-24-9-10-27-29(38-19-23-8-7-22(30(36)37)18-20(23)2)28(35)13-15-31(27,4)25(24)11-16-32(26,33)5/h6-8,10,18,24-26,28-29,35H,1,9,11-17,19H2,2-5H3,(H,36,37)/t24?,25?,26?,28-,29?,31+,32-,33-/m0/s1. The van der Waals surface area contributed by atoms with E-state index in [-0.39, 0.29) is 27.9 Å². The minimum Gasteiger partial charge on any atom is -0.478 e. The number of allylic oxidation sites excluding steroid dienone is 2. The topological polar surface area (TPSA) is 83.8 Å². The Bertz CT molecular complexity index is 1170. The fraction of sp³-hybridized carbons (Fsp3) is 0.636. The molecule has 3 saturated carbocycles. The summed E-state index contributed by atoms with van der Waals surface area (Å²) in [7, 11) is 0. The van der Waals surface area contributed by atoms with Crippen LogP contribution in [0.4, 0.5) is 0 Å². The molecule has 0 saturated heterocycles. The van der Waals surface area contributed by atoms with Crippen molar-refractivity contribution in [1.29, 1.82) is 0 Å². The van der Waals surface area contributed by atoms with E-state index in [4.69, 9.17) is 4.74 Å². The molecule has 5 heteroatoms. The van der Waals surface area contributed by atoms with Crippen LogP contribution in [-0.4, -0.2) is 34.2 Å². The summed E-state index contributed by atoms with van der Waals surface area (Å²) in [6.07, 6.45) is 11.1. The fourth-order valence-corrected chi connectivity index (χ4v) is 9.50. The zero-order valence-electron chi connectivity index (χ0n) is 23.5. The van der Waals surface area contributed by atoms with Gasteiger partial charge in [0, 0.05) is 5.41 Å². The van der Waals surface area contributed by atoms with E-state index < -0.39 is 12.1 Å². The van der Waals surface area contributed by atoms with Gasteiger partial charge in [0.15, 0.2) is 0 Å². The largest absolute Gasteiger partial charge is 0.478 e. The van der Waals surface area contributed by atoms with Gasteiger partial charge in [0.05, 0.1) is 18.3 Å². The number of hydrogen-bond donors (Lipinski definition) is 2. The van der Waals surface area contributed by atoms with Crippen molar-refractivity contribution in [3.05, 3.63) is 59.2 Å². The molecule has 0 bridgehead atoms. The lowest BCUT2D eigenvalue weighted by Crippen LogP contribution is -2.56. The van der Waals surface area contributed by atoms with Gasteiger partial charge in [0.2, 0.25) is 0 Å². The molecular weight excluding hydrogens is 476 g/mol. The van der Waals surface area contributed by atoms with Gasteiger partial charge in [-0.1, -0.05) is 32.1 Å². The second-order valence-electron chi connectivity index (χ2n) is 13.1. The summed E-state index contributed by atoms with van der Waals surface area (Å²) < 4.78 is 6.46. The molecule has 3 fully saturated rings. The number of aryl methyl sites for hydroxylation is 1. The summed E-state index contributed by atoms with van der Waals surface area (Å²) in [5.74, 6) is 1.01. The number of hydrogen-bond acceptors (Lipinski definition) is 4. The number of carboxylic acid groups (broad SMARTS) is 1. The zero-order valence-corrected chi connectivity index (χ0v) is 23.5. The number of aliphatic hydroxyl groups excluding tert-OH is 1. The number of carboxylic acids is 1. The highest BCUT2D eigenvalue weighted by Crippen LogP contribution is 2.70. The number of carbonyl (C=O) groups excluding carboxylic acids is 1. The first kappa shape index (κ1) is 27.3. The number of ether oxygens (including phenoxy) is 1. The quantitative estimate of drug-likeness (QED) is 0.393. The van der Waals surface area contributed by atoms with Crippen molar-refractivity contribution < 1.29 is 24.5 Å².